The smallest absolute Gasteiger partial charge is 0.410 e. The Balaban J connectivity index is 1.77. The molecule has 0 spiro atoms. The second-order valence-corrected chi connectivity index (χ2v) is 8.05. The van der Waals surface area contributed by atoms with Crippen molar-refractivity contribution in [3.63, 3.8) is 0 Å². The second kappa shape index (κ2) is 7.62. The number of benzene rings is 1. The number of amides is 1. The van der Waals surface area contributed by atoms with E-state index in [0.29, 0.717) is 19.1 Å². The lowest BCUT2D eigenvalue weighted by atomic mass is 10.0. The number of para-hydroxylation sites is 1. The largest absolute Gasteiger partial charge is 0.444 e. The predicted octanol–water partition coefficient (Wildman–Crippen LogP) is 3.75. The van der Waals surface area contributed by atoms with Gasteiger partial charge in [-0.1, -0.05) is 18.2 Å². The molecule has 2 aromatic rings. The number of H-pyrrole nitrogens is 1. The third kappa shape index (κ3) is 4.43. The monoisotopic (exact) mass is 371 g/mol. The van der Waals surface area contributed by atoms with Crippen LogP contribution < -0.4 is 10.5 Å². The lowest BCUT2D eigenvalue weighted by Crippen LogP contribution is -2.48. The second-order valence-electron chi connectivity index (χ2n) is 8.05. The van der Waals surface area contributed by atoms with Crippen LogP contribution in [0.3, 0.4) is 0 Å². The highest BCUT2D eigenvalue weighted by atomic mass is 16.6. The van der Waals surface area contributed by atoms with Gasteiger partial charge in [0.15, 0.2) is 0 Å². The summed E-state index contributed by atoms with van der Waals surface area (Å²) in [6, 6.07) is 9.87. The standard InChI is InChI=1S/C21H29N3O3/c1-5-24(18-14-19(25)22-17-9-7-6-8-16(17)18)15-10-12-23(13-11-15)20(26)27-21(2,3)4/h6-9,14-15H,5,10-13H2,1-4H3,(H,22,25). The molecule has 0 bridgehead atoms. The van der Waals surface area contributed by atoms with Crippen LogP contribution in [0.15, 0.2) is 35.1 Å². The molecule has 0 radical (unpaired) electrons. The number of rotatable bonds is 3. The van der Waals surface area contributed by atoms with Gasteiger partial charge in [-0.3, -0.25) is 4.79 Å². The SMILES string of the molecule is CCN(c1cc(=O)[nH]c2ccccc12)C1CCN(C(=O)OC(C)(C)C)CC1. The summed E-state index contributed by atoms with van der Waals surface area (Å²) in [7, 11) is 0. The molecule has 27 heavy (non-hydrogen) atoms. The summed E-state index contributed by atoms with van der Waals surface area (Å²) in [5.41, 5.74) is 1.25. The van der Waals surface area contributed by atoms with E-state index in [1.165, 1.54) is 0 Å². The number of anilines is 1. The van der Waals surface area contributed by atoms with Gasteiger partial charge < -0.3 is 19.5 Å². The third-order valence-corrected chi connectivity index (χ3v) is 4.94. The Morgan fingerprint density at radius 2 is 1.93 bits per heavy atom. The average molecular weight is 371 g/mol. The maximum Gasteiger partial charge on any atom is 0.410 e. The maximum absolute atomic E-state index is 12.3. The number of nitrogens with zero attached hydrogens (tertiary/aromatic N) is 2. The zero-order chi connectivity index (χ0) is 19.6. The van der Waals surface area contributed by atoms with Gasteiger partial charge >= 0.3 is 6.09 Å². The van der Waals surface area contributed by atoms with Crippen LogP contribution in [0.5, 0.6) is 0 Å². The zero-order valence-electron chi connectivity index (χ0n) is 16.6. The summed E-state index contributed by atoms with van der Waals surface area (Å²) in [5, 5.41) is 1.05. The van der Waals surface area contributed by atoms with Gasteiger partial charge in [0.05, 0.1) is 11.2 Å². The van der Waals surface area contributed by atoms with Crippen molar-refractivity contribution < 1.29 is 9.53 Å². The van der Waals surface area contributed by atoms with E-state index in [0.717, 1.165) is 36.0 Å². The Morgan fingerprint density at radius 1 is 1.26 bits per heavy atom. The molecule has 1 aromatic heterocycles. The Hall–Kier alpha value is -2.50. The highest BCUT2D eigenvalue weighted by Crippen LogP contribution is 2.29. The quantitative estimate of drug-likeness (QED) is 0.892. The van der Waals surface area contributed by atoms with Gasteiger partial charge in [0, 0.05) is 37.1 Å². The van der Waals surface area contributed by atoms with Gasteiger partial charge in [-0.15, -0.1) is 0 Å². The van der Waals surface area contributed by atoms with Gasteiger partial charge in [-0.25, -0.2) is 4.79 Å². The number of fused-ring (bicyclic) bond motifs is 1. The van der Waals surface area contributed by atoms with Crippen molar-refractivity contribution in [2.45, 2.75) is 52.2 Å². The molecule has 3 rings (SSSR count). The Morgan fingerprint density at radius 3 is 2.56 bits per heavy atom. The van der Waals surface area contributed by atoms with Crippen LogP contribution in [0.4, 0.5) is 10.5 Å². The number of piperidine rings is 1. The molecule has 0 saturated carbocycles. The van der Waals surface area contributed by atoms with E-state index in [-0.39, 0.29) is 11.7 Å². The molecular formula is C21H29N3O3. The highest BCUT2D eigenvalue weighted by molar-refractivity contribution is 5.91. The number of carbonyl (C=O) groups is 1. The lowest BCUT2D eigenvalue weighted by molar-refractivity contribution is 0.0205. The molecule has 0 unspecified atom stereocenters. The molecular weight excluding hydrogens is 342 g/mol. The van der Waals surface area contributed by atoms with Crippen molar-refractivity contribution >= 4 is 22.7 Å². The van der Waals surface area contributed by atoms with Crippen LogP contribution >= 0.6 is 0 Å². The van der Waals surface area contributed by atoms with Crippen LogP contribution in [0.25, 0.3) is 10.9 Å². The summed E-state index contributed by atoms with van der Waals surface area (Å²) in [4.78, 5) is 31.4. The number of hydrogen-bond donors (Lipinski definition) is 1. The van der Waals surface area contributed by atoms with Crippen LogP contribution in [-0.2, 0) is 4.74 Å². The summed E-state index contributed by atoms with van der Waals surface area (Å²) in [5.74, 6) is 0. The fraction of sp³-hybridized carbons (Fsp3) is 0.524. The van der Waals surface area contributed by atoms with Crippen molar-refractivity contribution in [3.05, 3.63) is 40.7 Å². The van der Waals surface area contributed by atoms with Gasteiger partial charge in [-0.2, -0.15) is 0 Å². The molecule has 0 atom stereocenters. The first-order valence-corrected chi connectivity index (χ1v) is 9.65. The minimum Gasteiger partial charge on any atom is -0.444 e. The van der Waals surface area contributed by atoms with Crippen molar-refractivity contribution in [2.75, 3.05) is 24.5 Å². The van der Waals surface area contributed by atoms with E-state index in [9.17, 15) is 9.59 Å². The molecule has 146 valence electrons. The van der Waals surface area contributed by atoms with Crippen LogP contribution in [-0.4, -0.2) is 47.3 Å². The van der Waals surface area contributed by atoms with E-state index in [4.69, 9.17) is 4.74 Å². The minimum atomic E-state index is -0.479. The van der Waals surface area contributed by atoms with E-state index in [2.05, 4.69) is 16.8 Å². The molecule has 1 aromatic carbocycles. The normalized spacial score (nSPS) is 15.8. The number of likely N-dealkylation sites (tertiary alicyclic amines) is 1. The number of hydrogen-bond acceptors (Lipinski definition) is 4. The van der Waals surface area contributed by atoms with Crippen molar-refractivity contribution in [1.82, 2.24) is 9.88 Å². The van der Waals surface area contributed by atoms with Gasteiger partial charge in [0.25, 0.3) is 0 Å². The van der Waals surface area contributed by atoms with E-state index in [1.54, 1.807) is 11.0 Å². The van der Waals surface area contributed by atoms with Crippen molar-refractivity contribution in [1.29, 1.82) is 0 Å². The fourth-order valence-electron chi connectivity index (χ4n) is 3.74. The van der Waals surface area contributed by atoms with Gasteiger partial charge in [0.2, 0.25) is 5.56 Å². The van der Waals surface area contributed by atoms with E-state index < -0.39 is 5.60 Å². The summed E-state index contributed by atoms with van der Waals surface area (Å²) in [6.07, 6.45) is 1.47. The molecule has 2 heterocycles. The Bertz CT molecular complexity index is 861. The molecule has 1 fully saturated rings. The molecule has 1 aliphatic rings. The Kier molecular flexibility index (Phi) is 5.44. The number of aromatic nitrogens is 1. The molecule has 1 saturated heterocycles. The van der Waals surface area contributed by atoms with Crippen LogP contribution in [0, 0.1) is 0 Å². The number of carbonyl (C=O) groups excluding carboxylic acids is 1. The molecule has 0 aliphatic carbocycles. The summed E-state index contributed by atoms with van der Waals surface area (Å²) < 4.78 is 5.49. The zero-order valence-corrected chi connectivity index (χ0v) is 16.6. The highest BCUT2D eigenvalue weighted by Gasteiger charge is 2.29. The number of ether oxygens (including phenoxy) is 1. The maximum atomic E-state index is 12.3. The molecule has 1 amide bonds. The first kappa shape index (κ1) is 19.3. The van der Waals surface area contributed by atoms with Crippen LogP contribution in [0.2, 0.25) is 0 Å². The summed E-state index contributed by atoms with van der Waals surface area (Å²) in [6.45, 7) is 9.90. The molecule has 1 N–H and O–H groups in total. The van der Waals surface area contributed by atoms with Crippen LogP contribution in [0.1, 0.15) is 40.5 Å². The number of nitrogens with one attached hydrogen (secondary N) is 1. The molecule has 1 aliphatic heterocycles. The fourth-order valence-corrected chi connectivity index (χ4v) is 3.74. The predicted molar refractivity (Wildman–Crippen MR) is 108 cm³/mol. The third-order valence-electron chi connectivity index (χ3n) is 4.94. The number of aromatic amines is 1. The topological polar surface area (TPSA) is 65.6 Å². The first-order chi connectivity index (χ1) is 12.8. The van der Waals surface area contributed by atoms with E-state index in [1.807, 2.05) is 45.0 Å². The van der Waals surface area contributed by atoms with Crippen molar-refractivity contribution in [3.8, 4) is 0 Å². The lowest BCUT2D eigenvalue weighted by Gasteiger charge is -2.40. The van der Waals surface area contributed by atoms with Gasteiger partial charge in [-0.05, 0) is 46.6 Å². The average Bonchev–Trinajstić information content (AvgIpc) is 2.61. The number of pyridine rings is 1. The molecule has 6 nitrogen and oxygen atoms in total. The Labute approximate surface area is 160 Å². The van der Waals surface area contributed by atoms with Crippen molar-refractivity contribution in [2.24, 2.45) is 0 Å². The summed E-state index contributed by atoms with van der Waals surface area (Å²) >= 11 is 0. The van der Waals surface area contributed by atoms with Gasteiger partial charge in [0.1, 0.15) is 5.60 Å². The molecule has 6 heteroatoms. The van der Waals surface area contributed by atoms with E-state index >= 15 is 0 Å². The first-order valence-electron chi connectivity index (χ1n) is 9.65. The minimum absolute atomic E-state index is 0.0895.